The largest absolute Gasteiger partial charge is 0.497 e. The van der Waals surface area contributed by atoms with Gasteiger partial charge in [0, 0.05) is 28.4 Å². The number of esters is 1. The standard InChI is InChI=1S/C24H24BrNO7/c1-14(2)17-9-10-23(22(27)31-4)13-24(17,18-12-16(30-3)6-8-20(18)32-23)33-21-7-5-15(25)11-19(21)26(28)29/h5-8,11-12,17H,1,9-10,13H2,2-4H3/t17-,23+,24-/m0/s1. The zero-order valence-corrected chi connectivity index (χ0v) is 20.1. The molecule has 2 aromatic carbocycles. The topological polar surface area (TPSA) is 97.1 Å². The van der Waals surface area contributed by atoms with Gasteiger partial charge in [0.1, 0.15) is 17.1 Å². The van der Waals surface area contributed by atoms with Crippen molar-refractivity contribution in [3.8, 4) is 17.2 Å². The number of methoxy groups -OCH3 is 2. The number of halogens is 1. The number of hydrogen-bond acceptors (Lipinski definition) is 7. The van der Waals surface area contributed by atoms with Crippen LogP contribution in [0.5, 0.6) is 17.2 Å². The van der Waals surface area contributed by atoms with Gasteiger partial charge in [0.15, 0.2) is 5.75 Å². The van der Waals surface area contributed by atoms with Gasteiger partial charge in [-0.2, -0.15) is 0 Å². The molecular weight excluding hydrogens is 494 g/mol. The third kappa shape index (κ3) is 3.74. The second-order valence-electron chi connectivity index (χ2n) is 8.43. The molecule has 2 aliphatic rings. The molecule has 174 valence electrons. The van der Waals surface area contributed by atoms with Crippen LogP contribution < -0.4 is 14.2 Å². The van der Waals surface area contributed by atoms with Crippen molar-refractivity contribution >= 4 is 27.6 Å². The fourth-order valence-corrected chi connectivity index (χ4v) is 5.36. The molecule has 3 atom stereocenters. The molecule has 0 spiro atoms. The van der Waals surface area contributed by atoms with Gasteiger partial charge in [-0.05, 0) is 50.1 Å². The van der Waals surface area contributed by atoms with E-state index in [-0.39, 0.29) is 23.8 Å². The zero-order valence-electron chi connectivity index (χ0n) is 18.6. The number of nitro groups is 1. The molecule has 1 heterocycles. The molecule has 4 rings (SSSR count). The number of nitro benzene ring substituents is 1. The van der Waals surface area contributed by atoms with Crippen molar-refractivity contribution in [2.24, 2.45) is 5.92 Å². The normalized spacial score (nSPS) is 25.3. The molecular formula is C24H24BrNO7. The number of carbonyl (C=O) groups excluding carboxylic acids is 1. The van der Waals surface area contributed by atoms with E-state index in [1.54, 1.807) is 37.4 Å². The summed E-state index contributed by atoms with van der Waals surface area (Å²) in [7, 11) is 2.87. The van der Waals surface area contributed by atoms with E-state index in [0.717, 1.165) is 5.57 Å². The van der Waals surface area contributed by atoms with Crippen molar-refractivity contribution in [3.05, 3.63) is 68.7 Å². The van der Waals surface area contributed by atoms with Crippen molar-refractivity contribution in [2.45, 2.75) is 37.4 Å². The molecule has 0 saturated heterocycles. The summed E-state index contributed by atoms with van der Waals surface area (Å²) in [4.78, 5) is 24.3. The molecule has 33 heavy (non-hydrogen) atoms. The van der Waals surface area contributed by atoms with Gasteiger partial charge in [0.25, 0.3) is 0 Å². The van der Waals surface area contributed by atoms with Crippen molar-refractivity contribution in [3.63, 3.8) is 0 Å². The number of rotatable bonds is 6. The third-order valence-corrected chi connectivity index (χ3v) is 6.95. The average Bonchev–Trinajstić information content (AvgIpc) is 2.79. The lowest BCUT2D eigenvalue weighted by Gasteiger charge is -2.54. The van der Waals surface area contributed by atoms with Gasteiger partial charge in [0.2, 0.25) is 5.60 Å². The minimum absolute atomic E-state index is 0.0887. The third-order valence-electron chi connectivity index (χ3n) is 6.46. The molecule has 1 saturated carbocycles. The number of nitrogens with zero attached hydrogens (tertiary/aromatic N) is 1. The minimum Gasteiger partial charge on any atom is -0.497 e. The van der Waals surface area contributed by atoms with Crippen molar-refractivity contribution in [2.75, 3.05) is 14.2 Å². The first-order valence-corrected chi connectivity index (χ1v) is 11.2. The molecule has 0 unspecified atom stereocenters. The number of carbonyl (C=O) groups is 1. The number of hydrogen-bond donors (Lipinski definition) is 0. The van der Waals surface area contributed by atoms with Crippen molar-refractivity contribution in [1.29, 1.82) is 0 Å². The van der Waals surface area contributed by atoms with Crippen LogP contribution in [-0.2, 0) is 15.1 Å². The van der Waals surface area contributed by atoms with Crippen LogP contribution in [0.25, 0.3) is 0 Å². The van der Waals surface area contributed by atoms with E-state index < -0.39 is 22.1 Å². The predicted octanol–water partition coefficient (Wildman–Crippen LogP) is 5.32. The lowest BCUT2D eigenvalue weighted by molar-refractivity contribution is -0.386. The summed E-state index contributed by atoms with van der Waals surface area (Å²) < 4.78 is 24.0. The highest BCUT2D eigenvalue weighted by Crippen LogP contribution is 2.59. The van der Waals surface area contributed by atoms with Crippen LogP contribution in [0.4, 0.5) is 5.69 Å². The van der Waals surface area contributed by atoms with Gasteiger partial charge in [-0.1, -0.05) is 28.1 Å². The fraction of sp³-hybridized carbons (Fsp3) is 0.375. The van der Waals surface area contributed by atoms with E-state index in [1.165, 1.54) is 13.2 Å². The molecule has 2 bridgehead atoms. The van der Waals surface area contributed by atoms with Crippen LogP contribution in [-0.4, -0.2) is 30.7 Å². The number of fused-ring (bicyclic) bond motifs is 4. The molecule has 1 aliphatic heterocycles. The van der Waals surface area contributed by atoms with Gasteiger partial charge in [0.05, 0.1) is 19.1 Å². The Morgan fingerprint density at radius 1 is 1.27 bits per heavy atom. The van der Waals surface area contributed by atoms with Gasteiger partial charge in [-0.25, -0.2) is 4.79 Å². The first kappa shape index (κ1) is 23.1. The molecule has 9 heteroatoms. The smallest absolute Gasteiger partial charge is 0.350 e. The Morgan fingerprint density at radius 2 is 2.03 bits per heavy atom. The van der Waals surface area contributed by atoms with Crippen LogP contribution in [0.3, 0.4) is 0 Å². The average molecular weight is 518 g/mol. The first-order valence-electron chi connectivity index (χ1n) is 10.4. The summed E-state index contributed by atoms with van der Waals surface area (Å²) in [6, 6.07) is 9.87. The van der Waals surface area contributed by atoms with E-state index in [4.69, 9.17) is 18.9 Å². The van der Waals surface area contributed by atoms with E-state index in [1.807, 2.05) is 6.92 Å². The van der Waals surface area contributed by atoms with E-state index >= 15 is 0 Å². The highest BCUT2D eigenvalue weighted by atomic mass is 79.9. The second kappa shape index (κ2) is 8.37. The van der Waals surface area contributed by atoms with E-state index in [2.05, 4.69) is 22.5 Å². The van der Waals surface area contributed by atoms with Crippen LogP contribution in [0, 0.1) is 16.0 Å². The quantitative estimate of drug-likeness (QED) is 0.221. The summed E-state index contributed by atoms with van der Waals surface area (Å²) in [5, 5.41) is 11.8. The zero-order chi connectivity index (χ0) is 24.0. The highest BCUT2D eigenvalue weighted by Gasteiger charge is 2.63. The van der Waals surface area contributed by atoms with Crippen LogP contribution in [0.1, 0.15) is 31.7 Å². The van der Waals surface area contributed by atoms with Crippen LogP contribution >= 0.6 is 15.9 Å². The Bertz CT molecular complexity index is 1150. The summed E-state index contributed by atoms with van der Waals surface area (Å²) >= 11 is 3.29. The Hall–Kier alpha value is -3.07. The first-order chi connectivity index (χ1) is 15.7. The van der Waals surface area contributed by atoms with Crippen molar-refractivity contribution in [1.82, 2.24) is 0 Å². The predicted molar refractivity (Wildman–Crippen MR) is 124 cm³/mol. The number of benzene rings is 2. The molecule has 8 nitrogen and oxygen atoms in total. The summed E-state index contributed by atoms with van der Waals surface area (Å²) in [5.74, 6) is 0.349. The SMILES string of the molecule is C=C(C)[C@@H]1CC[C@]2(C(=O)OC)C[C@@]1(Oc1ccc(Br)cc1[N+](=O)[O-])c1cc(OC)ccc1O2. The molecule has 2 aromatic rings. The lowest BCUT2D eigenvalue weighted by atomic mass is 9.61. The maximum Gasteiger partial charge on any atom is 0.350 e. The molecule has 1 fully saturated rings. The fourth-order valence-electron chi connectivity index (χ4n) is 5.01. The Morgan fingerprint density at radius 3 is 2.67 bits per heavy atom. The maximum absolute atomic E-state index is 13.0. The van der Waals surface area contributed by atoms with Crippen LogP contribution in [0.15, 0.2) is 53.0 Å². The van der Waals surface area contributed by atoms with Gasteiger partial charge < -0.3 is 18.9 Å². The van der Waals surface area contributed by atoms with E-state index in [0.29, 0.717) is 34.4 Å². The minimum atomic E-state index is -1.29. The lowest BCUT2D eigenvalue weighted by Crippen LogP contribution is -2.61. The second-order valence-corrected chi connectivity index (χ2v) is 9.34. The Balaban J connectivity index is 1.99. The van der Waals surface area contributed by atoms with Gasteiger partial charge >= 0.3 is 11.7 Å². The monoisotopic (exact) mass is 517 g/mol. The molecule has 1 aliphatic carbocycles. The summed E-state index contributed by atoms with van der Waals surface area (Å²) in [5.41, 5.74) is -1.16. The number of ether oxygens (including phenoxy) is 4. The molecule has 0 amide bonds. The maximum atomic E-state index is 13.0. The Labute approximate surface area is 199 Å². The van der Waals surface area contributed by atoms with Gasteiger partial charge in [-0.15, -0.1) is 0 Å². The summed E-state index contributed by atoms with van der Waals surface area (Å²) in [6.07, 6.45) is 1.03. The van der Waals surface area contributed by atoms with Crippen LogP contribution in [0.2, 0.25) is 0 Å². The molecule has 0 N–H and O–H groups in total. The molecule has 0 aromatic heterocycles. The van der Waals surface area contributed by atoms with E-state index in [9.17, 15) is 14.9 Å². The highest BCUT2D eigenvalue weighted by molar-refractivity contribution is 9.10. The molecule has 0 radical (unpaired) electrons. The van der Waals surface area contributed by atoms with Crippen molar-refractivity contribution < 1.29 is 28.7 Å². The Kier molecular flexibility index (Phi) is 5.86. The van der Waals surface area contributed by atoms with Gasteiger partial charge in [-0.3, -0.25) is 10.1 Å². The summed E-state index contributed by atoms with van der Waals surface area (Å²) in [6.45, 7) is 6.07.